The largest absolute Gasteiger partial charge is 0.383 e. The van der Waals surface area contributed by atoms with Crippen LogP contribution < -0.4 is 5.32 Å². The maximum atomic E-state index is 12.3. The molecule has 0 radical (unpaired) electrons. The fourth-order valence-electron chi connectivity index (χ4n) is 2.02. The first kappa shape index (κ1) is 17.3. The van der Waals surface area contributed by atoms with Crippen LogP contribution in [0.2, 0.25) is 0 Å². The lowest BCUT2D eigenvalue weighted by molar-refractivity contribution is -0.122. The Morgan fingerprint density at radius 2 is 1.95 bits per heavy atom. The van der Waals surface area contributed by atoms with E-state index in [2.05, 4.69) is 5.32 Å². The molecule has 0 aromatic heterocycles. The summed E-state index contributed by atoms with van der Waals surface area (Å²) in [6.45, 7) is 5.26. The second-order valence-corrected chi connectivity index (χ2v) is 5.26. The molecule has 1 N–H and O–H groups in total. The van der Waals surface area contributed by atoms with Gasteiger partial charge in [-0.15, -0.1) is 0 Å². The van der Waals surface area contributed by atoms with Gasteiger partial charge >= 0.3 is 0 Å². The number of Topliss-reactive ketones (excluding diaryl/α,β-unsaturated/α-hetero) is 1. The zero-order valence-electron chi connectivity index (χ0n) is 13.2. The standard InChI is InChI=1S/C16H24N2O3/c1-12-5-6-13(2)14(9-12)15(19)10-18(3)11-16(20)17-7-8-21-4/h5-6,9H,7-8,10-11H2,1-4H3,(H,17,20). The molecule has 1 aromatic rings. The Bertz CT molecular complexity index is 500. The first-order valence-electron chi connectivity index (χ1n) is 6.98. The molecule has 0 saturated carbocycles. The molecule has 0 bridgehead atoms. The Labute approximate surface area is 126 Å². The van der Waals surface area contributed by atoms with Gasteiger partial charge in [-0.2, -0.15) is 0 Å². The molecule has 5 nitrogen and oxygen atoms in total. The summed E-state index contributed by atoms with van der Waals surface area (Å²) in [5, 5.41) is 2.73. The molecular formula is C16H24N2O3. The lowest BCUT2D eigenvalue weighted by Crippen LogP contribution is -2.38. The van der Waals surface area contributed by atoms with Crippen LogP contribution in [-0.2, 0) is 9.53 Å². The van der Waals surface area contributed by atoms with Crippen LogP contribution in [0.1, 0.15) is 21.5 Å². The highest BCUT2D eigenvalue weighted by atomic mass is 16.5. The number of amides is 1. The minimum Gasteiger partial charge on any atom is -0.383 e. The van der Waals surface area contributed by atoms with E-state index in [1.54, 1.807) is 19.1 Å². The normalized spacial score (nSPS) is 10.7. The van der Waals surface area contributed by atoms with Crippen molar-refractivity contribution >= 4 is 11.7 Å². The molecule has 0 fully saturated rings. The summed E-state index contributed by atoms with van der Waals surface area (Å²) in [4.78, 5) is 25.6. The lowest BCUT2D eigenvalue weighted by Gasteiger charge is -2.16. The molecule has 0 saturated heterocycles. The minimum absolute atomic E-state index is 0.0309. The average molecular weight is 292 g/mol. The molecule has 0 aliphatic carbocycles. The summed E-state index contributed by atoms with van der Waals surface area (Å²) in [5.41, 5.74) is 2.74. The van der Waals surface area contributed by atoms with Crippen molar-refractivity contribution < 1.29 is 14.3 Å². The van der Waals surface area contributed by atoms with E-state index in [-0.39, 0.29) is 24.8 Å². The van der Waals surface area contributed by atoms with Gasteiger partial charge in [-0.05, 0) is 32.5 Å². The summed E-state index contributed by atoms with van der Waals surface area (Å²) in [7, 11) is 3.35. The van der Waals surface area contributed by atoms with Crippen molar-refractivity contribution in [2.24, 2.45) is 0 Å². The summed E-state index contributed by atoms with van der Waals surface area (Å²) in [6, 6.07) is 5.82. The van der Waals surface area contributed by atoms with Gasteiger partial charge in [0.25, 0.3) is 0 Å². The summed E-state index contributed by atoms with van der Waals surface area (Å²) < 4.78 is 4.86. The quantitative estimate of drug-likeness (QED) is 0.577. The highest BCUT2D eigenvalue weighted by Gasteiger charge is 2.14. The predicted molar refractivity (Wildman–Crippen MR) is 82.6 cm³/mol. The smallest absolute Gasteiger partial charge is 0.234 e. The number of hydrogen-bond acceptors (Lipinski definition) is 4. The molecule has 1 aromatic carbocycles. The average Bonchev–Trinajstić information content (AvgIpc) is 2.41. The van der Waals surface area contributed by atoms with E-state index in [1.807, 2.05) is 32.0 Å². The van der Waals surface area contributed by atoms with Gasteiger partial charge in [0, 0.05) is 19.2 Å². The van der Waals surface area contributed by atoms with Crippen LogP contribution >= 0.6 is 0 Å². The van der Waals surface area contributed by atoms with E-state index in [0.29, 0.717) is 13.2 Å². The van der Waals surface area contributed by atoms with E-state index >= 15 is 0 Å². The number of nitrogens with one attached hydrogen (secondary N) is 1. The fourth-order valence-corrected chi connectivity index (χ4v) is 2.02. The molecule has 5 heteroatoms. The Kier molecular flexibility index (Phi) is 7.05. The van der Waals surface area contributed by atoms with Crippen LogP contribution in [0.4, 0.5) is 0 Å². The van der Waals surface area contributed by atoms with Gasteiger partial charge in [-0.3, -0.25) is 14.5 Å². The number of rotatable bonds is 8. The molecular weight excluding hydrogens is 268 g/mol. The van der Waals surface area contributed by atoms with Gasteiger partial charge in [-0.25, -0.2) is 0 Å². The van der Waals surface area contributed by atoms with E-state index < -0.39 is 0 Å². The first-order chi connectivity index (χ1) is 9.93. The van der Waals surface area contributed by atoms with E-state index in [0.717, 1.165) is 16.7 Å². The molecule has 0 aliphatic rings. The summed E-state index contributed by atoms with van der Waals surface area (Å²) >= 11 is 0. The molecule has 0 spiro atoms. The van der Waals surface area contributed by atoms with Crippen LogP contribution in [0.3, 0.4) is 0 Å². The number of benzene rings is 1. The maximum Gasteiger partial charge on any atom is 0.234 e. The number of nitrogens with zero attached hydrogens (tertiary/aromatic N) is 1. The van der Waals surface area contributed by atoms with Crippen molar-refractivity contribution in [2.45, 2.75) is 13.8 Å². The second-order valence-electron chi connectivity index (χ2n) is 5.26. The maximum absolute atomic E-state index is 12.3. The Balaban J connectivity index is 2.50. The molecule has 1 amide bonds. The number of carbonyl (C=O) groups excluding carboxylic acids is 2. The van der Waals surface area contributed by atoms with Crippen molar-refractivity contribution in [1.29, 1.82) is 0 Å². The Morgan fingerprint density at radius 1 is 1.24 bits per heavy atom. The van der Waals surface area contributed by atoms with Gasteiger partial charge in [0.2, 0.25) is 5.91 Å². The third kappa shape index (κ3) is 6.06. The number of hydrogen-bond donors (Lipinski definition) is 1. The monoisotopic (exact) mass is 292 g/mol. The zero-order valence-corrected chi connectivity index (χ0v) is 13.2. The van der Waals surface area contributed by atoms with Crippen molar-refractivity contribution in [3.63, 3.8) is 0 Å². The zero-order chi connectivity index (χ0) is 15.8. The fraction of sp³-hybridized carbons (Fsp3) is 0.500. The van der Waals surface area contributed by atoms with Crippen LogP contribution in [0.15, 0.2) is 18.2 Å². The van der Waals surface area contributed by atoms with Crippen LogP contribution in [-0.4, -0.2) is 57.0 Å². The van der Waals surface area contributed by atoms with Gasteiger partial charge < -0.3 is 10.1 Å². The minimum atomic E-state index is -0.108. The van der Waals surface area contributed by atoms with E-state index in [4.69, 9.17) is 4.74 Å². The second kappa shape index (κ2) is 8.54. The lowest BCUT2D eigenvalue weighted by atomic mass is 10.0. The third-order valence-corrected chi connectivity index (χ3v) is 3.15. The van der Waals surface area contributed by atoms with Crippen LogP contribution in [0.25, 0.3) is 0 Å². The number of aryl methyl sites for hydroxylation is 2. The molecule has 0 heterocycles. The van der Waals surface area contributed by atoms with Gasteiger partial charge in [0.05, 0.1) is 19.7 Å². The number of ether oxygens (including phenoxy) is 1. The van der Waals surface area contributed by atoms with Gasteiger partial charge in [0.1, 0.15) is 0 Å². The molecule has 0 atom stereocenters. The topological polar surface area (TPSA) is 58.6 Å². The highest BCUT2D eigenvalue weighted by molar-refractivity contribution is 5.99. The van der Waals surface area contributed by atoms with E-state index in [1.165, 1.54) is 0 Å². The number of ketones is 1. The van der Waals surface area contributed by atoms with Crippen LogP contribution in [0.5, 0.6) is 0 Å². The molecule has 0 aliphatic heterocycles. The molecule has 0 unspecified atom stereocenters. The predicted octanol–water partition coefficient (Wildman–Crippen LogP) is 1.18. The summed E-state index contributed by atoms with van der Waals surface area (Å²) in [5.74, 6) is -0.0771. The SMILES string of the molecule is COCCNC(=O)CN(C)CC(=O)c1cc(C)ccc1C. The number of methoxy groups -OCH3 is 1. The van der Waals surface area contributed by atoms with Crippen molar-refractivity contribution in [3.05, 3.63) is 34.9 Å². The highest BCUT2D eigenvalue weighted by Crippen LogP contribution is 2.11. The van der Waals surface area contributed by atoms with Crippen molar-refractivity contribution in [1.82, 2.24) is 10.2 Å². The third-order valence-electron chi connectivity index (χ3n) is 3.15. The first-order valence-corrected chi connectivity index (χ1v) is 6.98. The van der Waals surface area contributed by atoms with E-state index in [9.17, 15) is 9.59 Å². The van der Waals surface area contributed by atoms with Crippen LogP contribution in [0, 0.1) is 13.8 Å². The molecule has 21 heavy (non-hydrogen) atoms. The Hall–Kier alpha value is -1.72. The van der Waals surface area contributed by atoms with Crippen molar-refractivity contribution in [2.75, 3.05) is 40.4 Å². The molecule has 116 valence electrons. The van der Waals surface area contributed by atoms with Gasteiger partial charge in [0.15, 0.2) is 5.78 Å². The molecule has 1 rings (SSSR count). The number of carbonyl (C=O) groups is 2. The van der Waals surface area contributed by atoms with Crippen molar-refractivity contribution in [3.8, 4) is 0 Å². The number of likely N-dealkylation sites (N-methyl/N-ethyl adjacent to an activating group) is 1. The summed E-state index contributed by atoms with van der Waals surface area (Å²) in [6.07, 6.45) is 0. The van der Waals surface area contributed by atoms with Gasteiger partial charge in [-0.1, -0.05) is 17.7 Å². The Morgan fingerprint density at radius 3 is 2.62 bits per heavy atom.